The van der Waals surface area contributed by atoms with Crippen molar-refractivity contribution in [2.24, 2.45) is 0 Å². The molecule has 1 unspecified atom stereocenters. The van der Waals surface area contributed by atoms with Gasteiger partial charge in [-0.2, -0.15) is 4.31 Å². The molecule has 0 aromatic heterocycles. The number of carboxylic acid groups (broad SMARTS) is 1. The fourth-order valence-corrected chi connectivity index (χ4v) is 4.01. The van der Waals surface area contributed by atoms with Gasteiger partial charge in [0.05, 0.1) is 12.9 Å². The fraction of sp³-hybridized carbons (Fsp3) is 0.833. The van der Waals surface area contributed by atoms with Gasteiger partial charge in [0, 0.05) is 13.0 Å². The van der Waals surface area contributed by atoms with E-state index in [2.05, 4.69) is 4.74 Å². The van der Waals surface area contributed by atoms with Crippen LogP contribution in [0.3, 0.4) is 0 Å². The second kappa shape index (κ2) is 7.58. The van der Waals surface area contributed by atoms with Gasteiger partial charge in [0.2, 0.25) is 10.0 Å². The third kappa shape index (κ3) is 4.75. The van der Waals surface area contributed by atoms with Crippen LogP contribution >= 0.6 is 0 Å². The topological polar surface area (TPSA) is 101 Å². The highest BCUT2D eigenvalue weighted by Gasteiger charge is 2.35. The molecule has 116 valence electrons. The van der Waals surface area contributed by atoms with E-state index in [4.69, 9.17) is 5.11 Å². The van der Waals surface area contributed by atoms with Crippen molar-refractivity contribution < 1.29 is 27.9 Å². The van der Waals surface area contributed by atoms with Gasteiger partial charge in [-0.05, 0) is 19.3 Å². The molecule has 1 saturated heterocycles. The van der Waals surface area contributed by atoms with Crippen molar-refractivity contribution in [2.45, 2.75) is 44.6 Å². The maximum atomic E-state index is 12.2. The van der Waals surface area contributed by atoms with Crippen LogP contribution in [0, 0.1) is 0 Å². The molecular formula is C12H21NO6S. The van der Waals surface area contributed by atoms with E-state index in [9.17, 15) is 18.0 Å². The van der Waals surface area contributed by atoms with Crippen LogP contribution in [0.25, 0.3) is 0 Å². The van der Waals surface area contributed by atoms with Crippen LogP contribution < -0.4 is 0 Å². The molecular weight excluding hydrogens is 286 g/mol. The SMILES string of the molecule is COC(=O)CCCS(=O)(=O)N1CCCCCC1C(=O)O. The lowest BCUT2D eigenvalue weighted by molar-refractivity contribution is -0.142. The van der Waals surface area contributed by atoms with E-state index in [0.29, 0.717) is 19.3 Å². The van der Waals surface area contributed by atoms with Gasteiger partial charge in [-0.1, -0.05) is 12.8 Å². The number of carbonyl (C=O) groups excluding carboxylic acids is 1. The molecule has 0 amide bonds. The quantitative estimate of drug-likeness (QED) is 0.721. The molecule has 20 heavy (non-hydrogen) atoms. The van der Waals surface area contributed by atoms with Crippen molar-refractivity contribution in [2.75, 3.05) is 19.4 Å². The zero-order valence-electron chi connectivity index (χ0n) is 11.6. The predicted molar refractivity (Wildman–Crippen MR) is 71.6 cm³/mol. The highest BCUT2D eigenvalue weighted by atomic mass is 32.2. The summed E-state index contributed by atoms with van der Waals surface area (Å²) in [6.45, 7) is 0.234. The normalized spacial score (nSPS) is 21.1. The first kappa shape index (κ1) is 16.9. The Labute approximate surface area is 118 Å². The maximum Gasteiger partial charge on any atom is 0.322 e. The smallest absolute Gasteiger partial charge is 0.322 e. The predicted octanol–water partition coefficient (Wildman–Crippen LogP) is 0.599. The summed E-state index contributed by atoms with van der Waals surface area (Å²) >= 11 is 0. The minimum Gasteiger partial charge on any atom is -0.480 e. The van der Waals surface area contributed by atoms with Crippen LogP contribution in [0.5, 0.6) is 0 Å². The molecule has 0 radical (unpaired) electrons. The standard InChI is InChI=1S/C12H21NO6S/c1-19-11(14)7-5-9-20(17,18)13-8-4-2-3-6-10(13)12(15)16/h10H,2-9H2,1H3,(H,15,16). The molecule has 1 heterocycles. The number of methoxy groups -OCH3 is 1. The van der Waals surface area contributed by atoms with E-state index >= 15 is 0 Å². The van der Waals surface area contributed by atoms with Gasteiger partial charge in [0.1, 0.15) is 6.04 Å². The Morgan fingerprint density at radius 1 is 1.30 bits per heavy atom. The van der Waals surface area contributed by atoms with Gasteiger partial charge in [-0.3, -0.25) is 9.59 Å². The lowest BCUT2D eigenvalue weighted by Crippen LogP contribution is -2.45. The average Bonchev–Trinajstić information content (AvgIpc) is 2.64. The first-order valence-corrected chi connectivity index (χ1v) is 8.28. The average molecular weight is 307 g/mol. The van der Waals surface area contributed by atoms with E-state index in [0.717, 1.165) is 10.7 Å². The van der Waals surface area contributed by atoms with Crippen molar-refractivity contribution in [3.63, 3.8) is 0 Å². The molecule has 0 aliphatic carbocycles. The highest BCUT2D eigenvalue weighted by Crippen LogP contribution is 2.21. The number of carboxylic acids is 1. The summed E-state index contributed by atoms with van der Waals surface area (Å²) in [5, 5.41) is 9.17. The number of sulfonamides is 1. The van der Waals surface area contributed by atoms with Gasteiger partial charge in [-0.15, -0.1) is 0 Å². The van der Waals surface area contributed by atoms with Crippen molar-refractivity contribution in [3.05, 3.63) is 0 Å². The lowest BCUT2D eigenvalue weighted by Gasteiger charge is -2.25. The minimum atomic E-state index is -3.66. The number of aliphatic carboxylic acids is 1. The van der Waals surface area contributed by atoms with Gasteiger partial charge in [0.15, 0.2) is 0 Å². The molecule has 0 saturated carbocycles. The highest BCUT2D eigenvalue weighted by molar-refractivity contribution is 7.89. The number of hydrogen-bond donors (Lipinski definition) is 1. The van der Waals surface area contributed by atoms with Crippen LogP contribution in [-0.4, -0.2) is 55.2 Å². The van der Waals surface area contributed by atoms with Gasteiger partial charge in [-0.25, -0.2) is 8.42 Å². The Morgan fingerprint density at radius 3 is 2.60 bits per heavy atom. The summed E-state index contributed by atoms with van der Waals surface area (Å²) in [5.74, 6) is -1.81. The summed E-state index contributed by atoms with van der Waals surface area (Å²) in [4.78, 5) is 22.2. The van der Waals surface area contributed by atoms with Crippen LogP contribution in [0.1, 0.15) is 38.5 Å². The molecule has 8 heteroatoms. The molecule has 1 aliphatic heterocycles. The number of esters is 1. The summed E-state index contributed by atoms with van der Waals surface area (Å²) in [5.41, 5.74) is 0. The van der Waals surface area contributed by atoms with Crippen LogP contribution in [0.15, 0.2) is 0 Å². The molecule has 1 aliphatic rings. The van der Waals surface area contributed by atoms with E-state index in [1.807, 2.05) is 0 Å². The molecule has 1 rings (SSSR count). The van der Waals surface area contributed by atoms with Crippen molar-refractivity contribution in [3.8, 4) is 0 Å². The van der Waals surface area contributed by atoms with Crippen molar-refractivity contribution in [1.29, 1.82) is 0 Å². The number of rotatable bonds is 6. The molecule has 1 fully saturated rings. The molecule has 0 bridgehead atoms. The second-order valence-electron chi connectivity index (χ2n) is 4.81. The molecule has 7 nitrogen and oxygen atoms in total. The Balaban J connectivity index is 2.71. The zero-order chi connectivity index (χ0) is 15.2. The summed E-state index contributed by atoms with van der Waals surface area (Å²) in [7, 11) is -2.42. The fourth-order valence-electron chi connectivity index (χ4n) is 2.28. The monoisotopic (exact) mass is 307 g/mol. The molecule has 1 atom stereocenters. The largest absolute Gasteiger partial charge is 0.480 e. The molecule has 0 spiro atoms. The van der Waals surface area contributed by atoms with Gasteiger partial charge in [0.25, 0.3) is 0 Å². The van der Waals surface area contributed by atoms with Crippen molar-refractivity contribution in [1.82, 2.24) is 4.31 Å². The molecule has 0 aromatic carbocycles. The first-order valence-electron chi connectivity index (χ1n) is 6.67. The third-order valence-electron chi connectivity index (χ3n) is 3.36. The Morgan fingerprint density at radius 2 is 2.00 bits per heavy atom. The van der Waals surface area contributed by atoms with E-state index < -0.39 is 28.0 Å². The van der Waals surface area contributed by atoms with Gasteiger partial charge < -0.3 is 9.84 Å². The minimum absolute atomic E-state index is 0.0152. The summed E-state index contributed by atoms with van der Waals surface area (Å²) in [6.07, 6.45) is 2.70. The Hall–Kier alpha value is -1.15. The number of carbonyl (C=O) groups is 2. The third-order valence-corrected chi connectivity index (χ3v) is 5.31. The molecule has 0 aromatic rings. The molecule has 1 N–H and O–H groups in total. The van der Waals surface area contributed by atoms with E-state index in [-0.39, 0.29) is 25.1 Å². The van der Waals surface area contributed by atoms with Gasteiger partial charge >= 0.3 is 11.9 Å². The number of hydrogen-bond acceptors (Lipinski definition) is 5. The second-order valence-corrected chi connectivity index (χ2v) is 6.85. The van der Waals surface area contributed by atoms with Crippen LogP contribution in [0.2, 0.25) is 0 Å². The lowest BCUT2D eigenvalue weighted by atomic mass is 10.1. The van der Waals surface area contributed by atoms with Crippen LogP contribution in [-0.2, 0) is 24.3 Å². The van der Waals surface area contributed by atoms with Crippen LogP contribution in [0.4, 0.5) is 0 Å². The number of ether oxygens (including phenoxy) is 1. The maximum absolute atomic E-state index is 12.2. The summed E-state index contributed by atoms with van der Waals surface area (Å²) < 4.78 is 30.0. The Bertz CT molecular complexity index is 447. The van der Waals surface area contributed by atoms with E-state index in [1.165, 1.54) is 7.11 Å². The Kier molecular flexibility index (Phi) is 6.41. The van der Waals surface area contributed by atoms with Crippen molar-refractivity contribution >= 4 is 22.0 Å². The summed E-state index contributed by atoms with van der Waals surface area (Å²) in [6, 6.07) is -0.986. The first-order chi connectivity index (χ1) is 9.38. The number of nitrogens with zero attached hydrogens (tertiary/aromatic N) is 1. The zero-order valence-corrected chi connectivity index (χ0v) is 12.4. The van der Waals surface area contributed by atoms with E-state index in [1.54, 1.807) is 0 Å².